The summed E-state index contributed by atoms with van der Waals surface area (Å²) in [7, 11) is 0. The Morgan fingerprint density at radius 3 is 2.72 bits per heavy atom. The number of hydrogen-bond donors (Lipinski definition) is 2. The van der Waals surface area contributed by atoms with E-state index in [4.69, 9.17) is 9.15 Å². The second-order valence-corrected chi connectivity index (χ2v) is 8.06. The molecule has 1 aromatic heterocycles. The number of aliphatic hydroxyl groups is 1. The van der Waals surface area contributed by atoms with Gasteiger partial charge in [-0.1, -0.05) is 12.1 Å². The van der Waals surface area contributed by atoms with Gasteiger partial charge in [-0.3, -0.25) is 9.59 Å². The number of Topliss-reactive ketones (excluding diaryl/α,β-unsaturated/α-hetero) is 1. The first-order chi connectivity index (χ1) is 15.4. The SMILES string of the molecule is C[C@H]1Cc2cc(/C(O)=C3\C(=O)C(=O)N(Cc4ccco4)[C@H]3c3cccc(O)c3)ccc2O1. The number of phenols is 1. The number of fused-ring (bicyclic) bond motifs is 1. The molecule has 0 unspecified atom stereocenters. The molecule has 0 saturated carbocycles. The van der Waals surface area contributed by atoms with Crippen molar-refractivity contribution in [2.75, 3.05) is 0 Å². The Morgan fingerprint density at radius 2 is 1.97 bits per heavy atom. The molecule has 7 heteroatoms. The maximum atomic E-state index is 13.1. The van der Waals surface area contributed by atoms with Gasteiger partial charge in [0.05, 0.1) is 24.4 Å². The fourth-order valence-corrected chi connectivity index (χ4v) is 4.38. The van der Waals surface area contributed by atoms with Crippen molar-refractivity contribution in [2.45, 2.75) is 32.0 Å². The van der Waals surface area contributed by atoms with Crippen LogP contribution in [0.1, 0.15) is 35.4 Å². The van der Waals surface area contributed by atoms with Gasteiger partial charge in [0.25, 0.3) is 11.7 Å². The molecule has 0 aliphatic carbocycles. The van der Waals surface area contributed by atoms with Gasteiger partial charge in [-0.2, -0.15) is 0 Å². The number of likely N-dealkylation sites (tertiary alicyclic amines) is 1. The lowest BCUT2D eigenvalue weighted by atomic mass is 9.94. The standard InChI is InChI=1S/C25H21NO6/c1-14-10-17-11-16(7-8-20(17)32-14)23(28)21-22(15-4-2-5-18(27)12-15)26(25(30)24(21)29)13-19-6-3-9-31-19/h2-9,11-12,14,22,27-28H,10,13H2,1H3/b23-21+/t14-,22-/m0/s1. The molecule has 0 spiro atoms. The first-order valence-corrected chi connectivity index (χ1v) is 10.3. The first kappa shape index (κ1) is 19.9. The topological polar surface area (TPSA) is 100 Å². The second kappa shape index (κ2) is 7.60. The highest BCUT2D eigenvalue weighted by molar-refractivity contribution is 6.46. The molecule has 32 heavy (non-hydrogen) atoms. The van der Waals surface area contributed by atoms with Crippen molar-refractivity contribution in [2.24, 2.45) is 0 Å². The van der Waals surface area contributed by atoms with Gasteiger partial charge in [0.1, 0.15) is 29.1 Å². The number of hydrogen-bond acceptors (Lipinski definition) is 6. The van der Waals surface area contributed by atoms with Crippen molar-refractivity contribution in [3.8, 4) is 11.5 Å². The van der Waals surface area contributed by atoms with E-state index in [0.29, 0.717) is 23.3 Å². The fraction of sp³-hybridized carbons (Fsp3) is 0.200. The van der Waals surface area contributed by atoms with Crippen LogP contribution in [0, 0.1) is 0 Å². The van der Waals surface area contributed by atoms with Crippen LogP contribution < -0.4 is 4.74 Å². The third-order valence-corrected chi connectivity index (χ3v) is 5.80. The zero-order chi connectivity index (χ0) is 22.4. The molecule has 3 heterocycles. The molecular weight excluding hydrogens is 410 g/mol. The van der Waals surface area contributed by atoms with Crippen LogP contribution >= 0.6 is 0 Å². The van der Waals surface area contributed by atoms with E-state index in [1.807, 2.05) is 6.92 Å². The minimum absolute atomic E-state index is 0.00486. The van der Waals surface area contributed by atoms with Gasteiger partial charge in [0.2, 0.25) is 0 Å². The zero-order valence-corrected chi connectivity index (χ0v) is 17.3. The Balaban J connectivity index is 1.64. The fourth-order valence-electron chi connectivity index (χ4n) is 4.38. The molecule has 3 aromatic rings. The Labute approximate surface area is 184 Å². The quantitative estimate of drug-likeness (QED) is 0.369. The Bertz CT molecular complexity index is 1240. The number of amides is 1. The summed E-state index contributed by atoms with van der Waals surface area (Å²) in [4.78, 5) is 27.4. The molecule has 2 atom stereocenters. The third-order valence-electron chi connectivity index (χ3n) is 5.80. The van der Waals surface area contributed by atoms with Gasteiger partial charge in [0.15, 0.2) is 0 Å². The molecule has 1 amide bonds. The maximum Gasteiger partial charge on any atom is 0.296 e. The summed E-state index contributed by atoms with van der Waals surface area (Å²) in [5, 5.41) is 21.2. The van der Waals surface area contributed by atoms with Gasteiger partial charge >= 0.3 is 0 Å². The van der Waals surface area contributed by atoms with Crippen molar-refractivity contribution in [1.82, 2.24) is 4.90 Å². The Kier molecular flexibility index (Phi) is 4.74. The van der Waals surface area contributed by atoms with Crippen LogP contribution in [-0.4, -0.2) is 32.9 Å². The summed E-state index contributed by atoms with van der Waals surface area (Å²) in [6, 6.07) is 14.1. The first-order valence-electron chi connectivity index (χ1n) is 10.3. The van der Waals surface area contributed by atoms with Crippen LogP contribution in [0.2, 0.25) is 0 Å². The number of nitrogens with zero attached hydrogens (tertiary/aromatic N) is 1. The van der Waals surface area contributed by atoms with Crippen LogP contribution in [0.15, 0.2) is 70.9 Å². The zero-order valence-electron chi connectivity index (χ0n) is 17.3. The molecule has 2 aromatic carbocycles. The lowest BCUT2D eigenvalue weighted by Gasteiger charge is -2.24. The number of phenolic OH excluding ortho intramolecular Hbond substituents is 1. The van der Waals surface area contributed by atoms with Crippen LogP contribution in [-0.2, 0) is 22.6 Å². The van der Waals surface area contributed by atoms with Crippen LogP contribution in [0.5, 0.6) is 11.5 Å². The normalized spacial score (nSPS) is 21.6. The van der Waals surface area contributed by atoms with Crippen molar-refractivity contribution in [3.63, 3.8) is 0 Å². The minimum Gasteiger partial charge on any atom is -0.508 e. The lowest BCUT2D eigenvalue weighted by molar-refractivity contribution is -0.140. The van der Waals surface area contributed by atoms with E-state index in [-0.39, 0.29) is 29.7 Å². The van der Waals surface area contributed by atoms with E-state index in [0.717, 1.165) is 11.3 Å². The van der Waals surface area contributed by atoms with Gasteiger partial charge in [-0.05, 0) is 60.5 Å². The van der Waals surface area contributed by atoms with Crippen molar-refractivity contribution in [1.29, 1.82) is 0 Å². The molecule has 2 aliphatic rings. The van der Waals surface area contributed by atoms with Crippen LogP contribution in [0.25, 0.3) is 5.76 Å². The monoisotopic (exact) mass is 431 g/mol. The van der Waals surface area contributed by atoms with E-state index in [2.05, 4.69) is 0 Å². The highest BCUT2D eigenvalue weighted by Crippen LogP contribution is 2.42. The Morgan fingerprint density at radius 1 is 1.12 bits per heavy atom. The van der Waals surface area contributed by atoms with E-state index >= 15 is 0 Å². The van der Waals surface area contributed by atoms with Gasteiger partial charge in [0, 0.05) is 12.0 Å². The highest BCUT2D eigenvalue weighted by atomic mass is 16.5. The van der Waals surface area contributed by atoms with Gasteiger partial charge in [-0.15, -0.1) is 0 Å². The van der Waals surface area contributed by atoms with E-state index in [9.17, 15) is 19.8 Å². The number of rotatable bonds is 4. The second-order valence-electron chi connectivity index (χ2n) is 8.06. The summed E-state index contributed by atoms with van der Waals surface area (Å²) in [5.74, 6) is -0.546. The smallest absolute Gasteiger partial charge is 0.296 e. The largest absolute Gasteiger partial charge is 0.508 e. The van der Waals surface area contributed by atoms with Crippen molar-refractivity contribution in [3.05, 3.63) is 88.9 Å². The van der Waals surface area contributed by atoms with Crippen molar-refractivity contribution >= 4 is 17.4 Å². The number of aliphatic hydroxyl groups excluding tert-OH is 1. The summed E-state index contributed by atoms with van der Waals surface area (Å²) in [5.41, 5.74) is 1.84. The molecule has 2 N–H and O–H groups in total. The number of ketones is 1. The average Bonchev–Trinajstić information content (AvgIpc) is 3.47. The summed E-state index contributed by atoms with van der Waals surface area (Å²) < 4.78 is 11.1. The molecule has 2 aliphatic heterocycles. The van der Waals surface area contributed by atoms with E-state index in [1.54, 1.807) is 42.5 Å². The number of furan rings is 1. The number of carbonyl (C=O) groups is 2. The number of carbonyl (C=O) groups excluding carboxylic acids is 2. The third kappa shape index (κ3) is 3.32. The molecule has 162 valence electrons. The predicted molar refractivity (Wildman–Crippen MR) is 115 cm³/mol. The van der Waals surface area contributed by atoms with Crippen LogP contribution in [0.3, 0.4) is 0 Å². The molecular formula is C25H21NO6. The summed E-state index contributed by atoms with van der Waals surface area (Å²) >= 11 is 0. The van der Waals surface area contributed by atoms with Gasteiger partial charge in [-0.25, -0.2) is 0 Å². The summed E-state index contributed by atoms with van der Waals surface area (Å²) in [6.45, 7) is 2.01. The highest BCUT2D eigenvalue weighted by Gasteiger charge is 2.46. The lowest BCUT2D eigenvalue weighted by Crippen LogP contribution is -2.29. The number of aromatic hydroxyl groups is 1. The molecule has 1 saturated heterocycles. The molecule has 0 bridgehead atoms. The van der Waals surface area contributed by atoms with Crippen LogP contribution in [0.4, 0.5) is 0 Å². The van der Waals surface area contributed by atoms with Gasteiger partial charge < -0.3 is 24.3 Å². The van der Waals surface area contributed by atoms with Crippen molar-refractivity contribution < 1.29 is 29.0 Å². The molecule has 7 nitrogen and oxygen atoms in total. The average molecular weight is 431 g/mol. The predicted octanol–water partition coefficient (Wildman–Crippen LogP) is 3.93. The molecule has 1 fully saturated rings. The van der Waals surface area contributed by atoms with E-state index < -0.39 is 17.7 Å². The Hall–Kier alpha value is -4.00. The number of ether oxygens (including phenoxy) is 1. The summed E-state index contributed by atoms with van der Waals surface area (Å²) in [6.07, 6.45) is 2.22. The number of benzene rings is 2. The van der Waals surface area contributed by atoms with E-state index in [1.165, 1.54) is 23.3 Å². The molecule has 5 rings (SSSR count). The minimum atomic E-state index is -0.879. The maximum absolute atomic E-state index is 13.1. The molecule has 0 radical (unpaired) electrons.